The molecule has 1 aromatic carbocycles. The standard InChI is InChI=1S/C16H17N3O2S/c1-12-6-3-4-7-13(12)10-18(2)11-19-16(22)21-15(17-19)14-8-5-9-20-14/h3-9H,10-11H2,1-2H3/p+1. The van der Waals surface area contributed by atoms with Gasteiger partial charge in [0.05, 0.1) is 13.3 Å². The van der Waals surface area contributed by atoms with E-state index in [0.29, 0.717) is 23.2 Å². The Labute approximate surface area is 133 Å². The molecule has 2 aromatic heterocycles. The maximum atomic E-state index is 5.49. The normalized spacial score (nSPS) is 12.5. The van der Waals surface area contributed by atoms with Gasteiger partial charge in [0.15, 0.2) is 12.4 Å². The maximum Gasteiger partial charge on any atom is 0.292 e. The van der Waals surface area contributed by atoms with Crippen LogP contribution in [0.2, 0.25) is 0 Å². The van der Waals surface area contributed by atoms with E-state index in [2.05, 4.69) is 43.3 Å². The van der Waals surface area contributed by atoms with Gasteiger partial charge in [-0.2, -0.15) is 4.68 Å². The zero-order valence-corrected chi connectivity index (χ0v) is 13.4. The summed E-state index contributed by atoms with van der Waals surface area (Å²) >= 11 is 5.23. The van der Waals surface area contributed by atoms with E-state index in [1.807, 2.05) is 0 Å². The summed E-state index contributed by atoms with van der Waals surface area (Å²) < 4.78 is 12.5. The van der Waals surface area contributed by atoms with Crippen LogP contribution in [0.5, 0.6) is 0 Å². The number of nitrogens with zero attached hydrogens (tertiary/aromatic N) is 2. The van der Waals surface area contributed by atoms with Crippen molar-refractivity contribution in [2.45, 2.75) is 20.1 Å². The van der Waals surface area contributed by atoms with Crippen LogP contribution in [0.3, 0.4) is 0 Å². The van der Waals surface area contributed by atoms with Gasteiger partial charge in [0.25, 0.3) is 10.7 Å². The van der Waals surface area contributed by atoms with E-state index in [1.54, 1.807) is 23.1 Å². The molecule has 0 aliphatic heterocycles. The Bertz CT molecular complexity index is 805. The summed E-state index contributed by atoms with van der Waals surface area (Å²) in [5.74, 6) is 1.00. The highest BCUT2D eigenvalue weighted by Gasteiger charge is 2.14. The van der Waals surface area contributed by atoms with Crippen LogP contribution in [0.4, 0.5) is 0 Å². The number of aromatic nitrogens is 2. The minimum Gasteiger partial charge on any atom is -0.459 e. The van der Waals surface area contributed by atoms with E-state index >= 15 is 0 Å². The molecular weight excluding hydrogens is 298 g/mol. The van der Waals surface area contributed by atoms with Crippen LogP contribution in [-0.2, 0) is 13.2 Å². The molecule has 0 saturated heterocycles. The maximum absolute atomic E-state index is 5.49. The lowest BCUT2D eigenvalue weighted by Gasteiger charge is -2.14. The third-order valence-electron chi connectivity index (χ3n) is 3.51. The van der Waals surface area contributed by atoms with E-state index in [1.165, 1.54) is 16.0 Å². The lowest BCUT2D eigenvalue weighted by molar-refractivity contribution is -0.917. The second-order valence-corrected chi connectivity index (χ2v) is 5.72. The Hall–Kier alpha value is -2.18. The molecule has 1 atom stereocenters. The Morgan fingerprint density at radius 2 is 2.05 bits per heavy atom. The monoisotopic (exact) mass is 316 g/mol. The fraction of sp³-hybridized carbons (Fsp3) is 0.250. The Morgan fingerprint density at radius 3 is 2.77 bits per heavy atom. The summed E-state index contributed by atoms with van der Waals surface area (Å²) in [7, 11) is 2.11. The summed E-state index contributed by atoms with van der Waals surface area (Å²) in [6.45, 7) is 3.66. The molecule has 0 spiro atoms. The van der Waals surface area contributed by atoms with Crippen molar-refractivity contribution in [2.75, 3.05) is 7.05 Å². The van der Waals surface area contributed by atoms with Crippen molar-refractivity contribution in [2.24, 2.45) is 0 Å². The largest absolute Gasteiger partial charge is 0.459 e. The number of aryl methyl sites for hydroxylation is 1. The molecule has 5 nitrogen and oxygen atoms in total. The summed E-state index contributed by atoms with van der Waals surface area (Å²) in [5, 5.41) is 4.39. The first-order valence-corrected chi connectivity index (χ1v) is 7.52. The van der Waals surface area contributed by atoms with Gasteiger partial charge in [-0.1, -0.05) is 24.3 Å². The summed E-state index contributed by atoms with van der Waals surface area (Å²) in [6, 6.07) is 12.0. The highest BCUT2D eigenvalue weighted by molar-refractivity contribution is 7.71. The number of nitrogens with one attached hydrogen (secondary N) is 1. The van der Waals surface area contributed by atoms with Crippen molar-refractivity contribution in [3.63, 3.8) is 0 Å². The zero-order chi connectivity index (χ0) is 15.5. The summed E-state index contributed by atoms with van der Waals surface area (Å²) in [4.78, 5) is 1.63. The molecule has 3 aromatic rings. The van der Waals surface area contributed by atoms with Crippen molar-refractivity contribution in [3.05, 3.63) is 58.6 Å². The number of hydrogen-bond donors (Lipinski definition) is 1. The molecule has 2 heterocycles. The van der Waals surface area contributed by atoms with Gasteiger partial charge in [-0.3, -0.25) is 0 Å². The number of furan rings is 1. The molecule has 0 aliphatic rings. The SMILES string of the molecule is Cc1ccccc1C[NH+](C)Cn1nc(-c2ccco2)oc1=S. The molecule has 0 fully saturated rings. The van der Waals surface area contributed by atoms with Gasteiger partial charge in [0.2, 0.25) is 0 Å². The Balaban J connectivity index is 1.73. The minimum absolute atomic E-state index is 0.357. The van der Waals surface area contributed by atoms with Crippen molar-refractivity contribution < 1.29 is 13.7 Å². The zero-order valence-electron chi connectivity index (χ0n) is 12.6. The molecule has 114 valence electrons. The van der Waals surface area contributed by atoms with Gasteiger partial charge in [-0.25, -0.2) is 0 Å². The van der Waals surface area contributed by atoms with Crippen molar-refractivity contribution in [1.82, 2.24) is 9.78 Å². The van der Waals surface area contributed by atoms with Crippen LogP contribution in [0.15, 0.2) is 51.5 Å². The molecule has 0 bridgehead atoms. The van der Waals surface area contributed by atoms with E-state index in [-0.39, 0.29) is 0 Å². The van der Waals surface area contributed by atoms with Gasteiger partial charge < -0.3 is 13.7 Å². The second-order valence-electron chi connectivity index (χ2n) is 5.37. The summed E-state index contributed by atoms with van der Waals surface area (Å²) in [5.41, 5.74) is 2.61. The molecule has 3 rings (SSSR count). The first kappa shape index (κ1) is 14.7. The molecule has 0 saturated carbocycles. The smallest absolute Gasteiger partial charge is 0.292 e. The first-order valence-electron chi connectivity index (χ1n) is 7.11. The minimum atomic E-state index is 0.357. The third-order valence-corrected chi connectivity index (χ3v) is 3.81. The lowest BCUT2D eigenvalue weighted by Crippen LogP contribution is -3.07. The lowest BCUT2D eigenvalue weighted by atomic mass is 10.1. The van der Waals surface area contributed by atoms with Gasteiger partial charge in [0.1, 0.15) is 6.54 Å². The molecule has 1 unspecified atom stereocenters. The van der Waals surface area contributed by atoms with Crippen LogP contribution >= 0.6 is 12.2 Å². The van der Waals surface area contributed by atoms with Crippen molar-refractivity contribution in [3.8, 4) is 11.7 Å². The molecule has 0 radical (unpaired) electrons. The van der Waals surface area contributed by atoms with Crippen molar-refractivity contribution in [1.29, 1.82) is 0 Å². The van der Waals surface area contributed by atoms with Gasteiger partial charge >= 0.3 is 0 Å². The molecule has 0 aliphatic carbocycles. The summed E-state index contributed by atoms with van der Waals surface area (Å²) in [6.07, 6.45) is 1.59. The van der Waals surface area contributed by atoms with E-state index in [4.69, 9.17) is 21.1 Å². The predicted octanol–water partition coefficient (Wildman–Crippen LogP) is 2.45. The molecule has 1 N–H and O–H groups in total. The van der Waals surface area contributed by atoms with Crippen LogP contribution in [0, 0.1) is 11.8 Å². The quantitative estimate of drug-likeness (QED) is 0.735. The topological polar surface area (TPSA) is 48.5 Å². The number of rotatable bonds is 5. The van der Waals surface area contributed by atoms with E-state index < -0.39 is 0 Å². The van der Waals surface area contributed by atoms with Crippen LogP contribution < -0.4 is 4.90 Å². The van der Waals surface area contributed by atoms with E-state index in [0.717, 1.165) is 6.54 Å². The van der Waals surface area contributed by atoms with Crippen LogP contribution in [0.1, 0.15) is 11.1 Å². The van der Waals surface area contributed by atoms with Gasteiger partial charge in [-0.05, 0) is 36.8 Å². The molecular formula is C16H18N3O2S+. The second kappa shape index (κ2) is 6.29. The number of hydrogen-bond acceptors (Lipinski definition) is 4. The average Bonchev–Trinajstić information content (AvgIpc) is 3.12. The third kappa shape index (κ3) is 3.18. The highest BCUT2D eigenvalue weighted by atomic mass is 32.1. The fourth-order valence-electron chi connectivity index (χ4n) is 2.35. The highest BCUT2D eigenvalue weighted by Crippen LogP contribution is 2.17. The fourth-order valence-corrected chi connectivity index (χ4v) is 2.54. The van der Waals surface area contributed by atoms with Crippen molar-refractivity contribution >= 4 is 12.2 Å². The number of quaternary nitrogens is 1. The van der Waals surface area contributed by atoms with Crippen LogP contribution in [0.25, 0.3) is 11.7 Å². The Kier molecular flexibility index (Phi) is 4.22. The Morgan fingerprint density at radius 1 is 1.23 bits per heavy atom. The molecule has 22 heavy (non-hydrogen) atoms. The van der Waals surface area contributed by atoms with Gasteiger partial charge in [0, 0.05) is 5.56 Å². The first-order chi connectivity index (χ1) is 10.6. The number of benzene rings is 1. The average molecular weight is 316 g/mol. The van der Waals surface area contributed by atoms with Gasteiger partial charge in [-0.15, -0.1) is 5.10 Å². The molecule has 0 amide bonds. The van der Waals surface area contributed by atoms with Crippen LogP contribution in [-0.4, -0.2) is 16.8 Å². The van der Waals surface area contributed by atoms with E-state index in [9.17, 15) is 0 Å². The molecule has 6 heteroatoms. The predicted molar refractivity (Wildman–Crippen MR) is 84.8 cm³/mol.